The molecule has 1 aromatic carbocycles. The minimum atomic E-state index is -3.60. The Morgan fingerprint density at radius 3 is 2.24 bits per heavy atom. The number of likely N-dealkylation sites (tertiary alicyclic amines) is 1. The number of anilines is 2. The molecule has 0 aliphatic carbocycles. The van der Waals surface area contributed by atoms with Crippen molar-refractivity contribution >= 4 is 33.2 Å². The van der Waals surface area contributed by atoms with Crippen molar-refractivity contribution in [2.45, 2.75) is 26.7 Å². The van der Waals surface area contributed by atoms with Gasteiger partial charge in [-0.3, -0.25) is 13.9 Å². The van der Waals surface area contributed by atoms with Gasteiger partial charge in [0.1, 0.15) is 6.54 Å². The number of piperidine rings is 1. The Bertz CT molecular complexity index is 723. The fraction of sp³-hybridized carbons (Fsp3) is 0.529. The molecule has 2 rings (SSSR count). The predicted molar refractivity (Wildman–Crippen MR) is 97.9 cm³/mol. The Morgan fingerprint density at radius 1 is 1.20 bits per heavy atom. The summed E-state index contributed by atoms with van der Waals surface area (Å²) >= 11 is 0. The van der Waals surface area contributed by atoms with Gasteiger partial charge in [0.05, 0.1) is 11.9 Å². The molecule has 1 heterocycles. The van der Waals surface area contributed by atoms with Crippen LogP contribution in [0.4, 0.5) is 11.4 Å². The van der Waals surface area contributed by atoms with E-state index in [9.17, 15) is 18.0 Å². The van der Waals surface area contributed by atoms with Gasteiger partial charge in [0.2, 0.25) is 21.8 Å². The summed E-state index contributed by atoms with van der Waals surface area (Å²) in [7, 11) is -3.60. The maximum absolute atomic E-state index is 12.5. The van der Waals surface area contributed by atoms with Crippen LogP contribution < -0.4 is 9.62 Å². The molecule has 1 aliphatic rings. The molecule has 0 bridgehead atoms. The lowest BCUT2D eigenvalue weighted by Crippen LogP contribution is -2.45. The summed E-state index contributed by atoms with van der Waals surface area (Å²) in [6.07, 6.45) is 2.96. The van der Waals surface area contributed by atoms with Crippen LogP contribution in [-0.4, -0.2) is 51.0 Å². The highest BCUT2D eigenvalue weighted by Gasteiger charge is 2.26. The number of nitrogens with one attached hydrogen (secondary N) is 1. The van der Waals surface area contributed by atoms with Gasteiger partial charge in [-0.05, 0) is 43.0 Å². The summed E-state index contributed by atoms with van der Waals surface area (Å²) in [6.45, 7) is 4.67. The van der Waals surface area contributed by atoms with Gasteiger partial charge in [-0.15, -0.1) is 0 Å². The van der Waals surface area contributed by atoms with E-state index in [1.807, 2.05) is 0 Å². The Balaban J connectivity index is 2.14. The van der Waals surface area contributed by atoms with Crippen molar-refractivity contribution in [2.24, 2.45) is 5.92 Å². The quantitative estimate of drug-likeness (QED) is 0.858. The van der Waals surface area contributed by atoms with E-state index < -0.39 is 10.0 Å². The molecule has 0 unspecified atom stereocenters. The minimum absolute atomic E-state index is 0.191. The minimum Gasteiger partial charge on any atom is -0.341 e. The van der Waals surface area contributed by atoms with Gasteiger partial charge in [0.25, 0.3) is 0 Å². The van der Waals surface area contributed by atoms with E-state index >= 15 is 0 Å². The number of carbonyl (C=O) groups is 2. The van der Waals surface area contributed by atoms with E-state index in [-0.39, 0.29) is 18.4 Å². The van der Waals surface area contributed by atoms with Gasteiger partial charge in [0, 0.05) is 25.7 Å². The Labute approximate surface area is 149 Å². The molecule has 8 heteroatoms. The first kappa shape index (κ1) is 19.2. The second kappa shape index (κ2) is 7.86. The van der Waals surface area contributed by atoms with Crippen molar-refractivity contribution < 1.29 is 18.0 Å². The highest BCUT2D eigenvalue weighted by atomic mass is 32.2. The molecule has 0 saturated carbocycles. The second-order valence-electron chi connectivity index (χ2n) is 6.56. The molecule has 0 atom stereocenters. The van der Waals surface area contributed by atoms with Crippen molar-refractivity contribution in [3.05, 3.63) is 24.3 Å². The zero-order valence-electron chi connectivity index (χ0n) is 14.9. The van der Waals surface area contributed by atoms with Crippen LogP contribution in [0.5, 0.6) is 0 Å². The number of amides is 2. The molecule has 0 spiro atoms. The number of rotatable bonds is 5. The third-order valence-electron chi connectivity index (χ3n) is 4.29. The predicted octanol–water partition coefficient (Wildman–Crippen LogP) is 1.67. The van der Waals surface area contributed by atoms with Crippen molar-refractivity contribution in [2.75, 3.05) is 35.5 Å². The van der Waals surface area contributed by atoms with Crippen molar-refractivity contribution in [3.63, 3.8) is 0 Å². The molecule has 1 aromatic rings. The van der Waals surface area contributed by atoms with E-state index in [4.69, 9.17) is 0 Å². The molecule has 25 heavy (non-hydrogen) atoms. The SMILES string of the molecule is CC(=O)Nc1ccc(N(CC(=O)N2CCC(C)CC2)S(C)(=O)=O)cc1. The molecule has 1 aliphatic heterocycles. The molecule has 1 fully saturated rings. The lowest BCUT2D eigenvalue weighted by atomic mass is 9.99. The third-order valence-corrected chi connectivity index (χ3v) is 5.43. The Kier molecular flexibility index (Phi) is 6.05. The molecular formula is C17H25N3O4S. The summed E-state index contributed by atoms with van der Waals surface area (Å²) in [5, 5.41) is 2.62. The lowest BCUT2D eigenvalue weighted by Gasteiger charge is -2.32. The highest BCUT2D eigenvalue weighted by molar-refractivity contribution is 7.92. The van der Waals surface area contributed by atoms with Crippen LogP contribution in [0.2, 0.25) is 0 Å². The average Bonchev–Trinajstić information content (AvgIpc) is 2.52. The number of hydrogen-bond donors (Lipinski definition) is 1. The maximum atomic E-state index is 12.5. The summed E-state index contributed by atoms with van der Waals surface area (Å²) < 4.78 is 25.4. The summed E-state index contributed by atoms with van der Waals surface area (Å²) in [4.78, 5) is 25.3. The second-order valence-corrected chi connectivity index (χ2v) is 8.47. The molecule has 0 aromatic heterocycles. The number of benzene rings is 1. The number of sulfonamides is 1. The van der Waals surface area contributed by atoms with Crippen LogP contribution in [0.3, 0.4) is 0 Å². The van der Waals surface area contributed by atoms with Crippen molar-refractivity contribution in [3.8, 4) is 0 Å². The van der Waals surface area contributed by atoms with Gasteiger partial charge < -0.3 is 10.2 Å². The van der Waals surface area contributed by atoms with Gasteiger partial charge in [-0.1, -0.05) is 6.92 Å². The van der Waals surface area contributed by atoms with Crippen molar-refractivity contribution in [1.29, 1.82) is 0 Å². The Morgan fingerprint density at radius 2 is 1.76 bits per heavy atom. The third kappa shape index (κ3) is 5.45. The molecular weight excluding hydrogens is 342 g/mol. The van der Waals surface area contributed by atoms with Crippen molar-refractivity contribution in [1.82, 2.24) is 4.90 Å². The molecule has 1 saturated heterocycles. The fourth-order valence-electron chi connectivity index (χ4n) is 2.80. The number of hydrogen-bond acceptors (Lipinski definition) is 4. The van der Waals surface area contributed by atoms with Gasteiger partial charge in [-0.2, -0.15) is 0 Å². The van der Waals surface area contributed by atoms with Crippen LogP contribution in [0.15, 0.2) is 24.3 Å². The smallest absolute Gasteiger partial charge is 0.243 e. The standard InChI is InChI=1S/C17H25N3O4S/c1-13-8-10-19(11-9-13)17(22)12-20(25(3,23)24)16-6-4-15(5-7-16)18-14(2)21/h4-7,13H,8-12H2,1-3H3,(H,18,21). The van der Waals surface area contributed by atoms with Crippen LogP contribution in [0, 0.1) is 5.92 Å². The van der Waals surface area contributed by atoms with E-state index in [0.29, 0.717) is 30.4 Å². The molecule has 1 N–H and O–H groups in total. The summed E-state index contributed by atoms with van der Waals surface area (Å²) in [5.74, 6) is 0.196. The monoisotopic (exact) mass is 367 g/mol. The van der Waals surface area contributed by atoms with E-state index in [2.05, 4.69) is 12.2 Å². The van der Waals surface area contributed by atoms with Crippen LogP contribution in [0.1, 0.15) is 26.7 Å². The average molecular weight is 367 g/mol. The first-order valence-electron chi connectivity index (χ1n) is 8.30. The summed E-state index contributed by atoms with van der Waals surface area (Å²) in [6, 6.07) is 6.39. The van der Waals surface area contributed by atoms with E-state index in [1.54, 1.807) is 29.2 Å². The van der Waals surface area contributed by atoms with Crippen LogP contribution in [0.25, 0.3) is 0 Å². The highest BCUT2D eigenvalue weighted by Crippen LogP contribution is 2.22. The first-order chi connectivity index (χ1) is 11.7. The molecule has 2 amide bonds. The topological polar surface area (TPSA) is 86.8 Å². The lowest BCUT2D eigenvalue weighted by molar-refractivity contribution is -0.130. The molecule has 138 valence electrons. The number of carbonyl (C=O) groups excluding carboxylic acids is 2. The van der Waals surface area contributed by atoms with Gasteiger partial charge >= 0.3 is 0 Å². The summed E-state index contributed by atoms with van der Waals surface area (Å²) in [5.41, 5.74) is 0.969. The van der Waals surface area contributed by atoms with E-state index in [0.717, 1.165) is 23.4 Å². The normalized spacial score (nSPS) is 15.7. The molecule has 7 nitrogen and oxygen atoms in total. The maximum Gasteiger partial charge on any atom is 0.243 e. The van der Waals surface area contributed by atoms with Gasteiger partial charge in [-0.25, -0.2) is 8.42 Å². The largest absolute Gasteiger partial charge is 0.341 e. The number of nitrogens with zero attached hydrogens (tertiary/aromatic N) is 2. The van der Waals surface area contributed by atoms with Gasteiger partial charge in [0.15, 0.2) is 0 Å². The first-order valence-corrected chi connectivity index (χ1v) is 10.1. The zero-order valence-corrected chi connectivity index (χ0v) is 15.7. The molecule has 0 radical (unpaired) electrons. The Hall–Kier alpha value is -2.09. The fourth-order valence-corrected chi connectivity index (χ4v) is 3.64. The van der Waals surface area contributed by atoms with E-state index in [1.165, 1.54) is 6.92 Å². The van der Waals surface area contributed by atoms with Crippen LogP contribution >= 0.6 is 0 Å². The zero-order chi connectivity index (χ0) is 18.6. The van der Waals surface area contributed by atoms with Crippen LogP contribution in [-0.2, 0) is 19.6 Å².